The number of phenols is 1. The molecule has 2 aromatic carbocycles. The summed E-state index contributed by atoms with van der Waals surface area (Å²) >= 11 is 0. The van der Waals surface area contributed by atoms with E-state index in [0.29, 0.717) is 0 Å². The molecule has 2 aromatic rings. The van der Waals surface area contributed by atoms with Crippen molar-refractivity contribution in [1.29, 1.82) is 0 Å². The molecule has 9 heteroatoms. The van der Waals surface area contributed by atoms with Crippen molar-refractivity contribution in [2.75, 3.05) is 0 Å². The number of rotatable bonds is 5. The number of aromatic hydroxyl groups is 1. The third kappa shape index (κ3) is 4.80. The van der Waals surface area contributed by atoms with Crippen LogP contribution in [0.25, 0.3) is 0 Å². The second kappa shape index (κ2) is 7.98. The summed E-state index contributed by atoms with van der Waals surface area (Å²) < 4.78 is 26.8. The van der Waals surface area contributed by atoms with Crippen LogP contribution in [0, 0.1) is 0 Å². The van der Waals surface area contributed by atoms with Gasteiger partial charge < -0.3 is 5.11 Å². The fraction of sp³-hybridized carbons (Fsp3) is 0.176. The van der Waals surface area contributed by atoms with Gasteiger partial charge in [-0.05, 0) is 44.2 Å². The Labute approximate surface area is 151 Å². The normalized spacial score (nSPS) is 11.2. The van der Waals surface area contributed by atoms with Crippen molar-refractivity contribution in [3.05, 3.63) is 59.7 Å². The van der Waals surface area contributed by atoms with Gasteiger partial charge in [0.2, 0.25) is 10.0 Å². The molecule has 138 valence electrons. The maximum Gasteiger partial charge on any atom is 0.273 e. The number of hydrogen-bond donors (Lipinski definition) is 4. The molecule has 0 saturated heterocycles. The third-order valence-corrected chi connectivity index (χ3v) is 4.89. The van der Waals surface area contributed by atoms with Gasteiger partial charge in [0.15, 0.2) is 0 Å². The Kier molecular flexibility index (Phi) is 5.96. The highest BCUT2D eigenvalue weighted by Crippen LogP contribution is 2.15. The Bertz CT molecular complexity index is 926. The van der Waals surface area contributed by atoms with Gasteiger partial charge >= 0.3 is 0 Å². The lowest BCUT2D eigenvalue weighted by atomic mass is 10.2. The molecule has 26 heavy (non-hydrogen) atoms. The molecule has 0 bridgehead atoms. The Morgan fingerprint density at radius 3 is 2.27 bits per heavy atom. The van der Waals surface area contributed by atoms with E-state index >= 15 is 0 Å². The summed E-state index contributed by atoms with van der Waals surface area (Å²) in [6.07, 6.45) is 0. The smallest absolute Gasteiger partial charge is 0.273 e. The summed E-state index contributed by atoms with van der Waals surface area (Å²) in [5.74, 6) is -1.64. The molecule has 0 unspecified atom stereocenters. The van der Waals surface area contributed by atoms with Crippen molar-refractivity contribution in [1.82, 2.24) is 15.6 Å². The lowest BCUT2D eigenvalue weighted by molar-refractivity contribution is 0.0845. The minimum atomic E-state index is -3.75. The van der Waals surface area contributed by atoms with E-state index < -0.39 is 21.8 Å². The van der Waals surface area contributed by atoms with Gasteiger partial charge in [0.25, 0.3) is 11.8 Å². The highest BCUT2D eigenvalue weighted by Gasteiger charge is 2.18. The summed E-state index contributed by atoms with van der Waals surface area (Å²) in [5.41, 5.74) is 4.39. The fourth-order valence-electron chi connectivity index (χ4n) is 2.10. The predicted octanol–water partition coefficient (Wildman–Crippen LogP) is 1.15. The molecule has 0 fully saturated rings. The van der Waals surface area contributed by atoms with Gasteiger partial charge in [0.1, 0.15) is 5.75 Å². The molecule has 0 aliphatic carbocycles. The Balaban J connectivity index is 2.10. The number of benzene rings is 2. The monoisotopic (exact) mass is 377 g/mol. The van der Waals surface area contributed by atoms with Crippen molar-refractivity contribution in [2.45, 2.75) is 24.8 Å². The van der Waals surface area contributed by atoms with Crippen LogP contribution in [0.3, 0.4) is 0 Å². The van der Waals surface area contributed by atoms with Crippen molar-refractivity contribution >= 4 is 21.8 Å². The zero-order valence-electron chi connectivity index (χ0n) is 14.2. The van der Waals surface area contributed by atoms with E-state index in [4.69, 9.17) is 0 Å². The van der Waals surface area contributed by atoms with Gasteiger partial charge in [0, 0.05) is 11.6 Å². The van der Waals surface area contributed by atoms with E-state index in [1.165, 1.54) is 36.4 Å². The Hall–Kier alpha value is -2.91. The molecular formula is C17H19N3O5S. The first-order valence-corrected chi connectivity index (χ1v) is 9.20. The molecule has 0 atom stereocenters. The summed E-state index contributed by atoms with van der Waals surface area (Å²) in [6, 6.07) is 11.0. The van der Waals surface area contributed by atoms with Gasteiger partial charge in [-0.25, -0.2) is 13.1 Å². The van der Waals surface area contributed by atoms with Crippen LogP contribution in [0.4, 0.5) is 0 Å². The SMILES string of the molecule is CC(C)NS(=O)(=O)c1cccc(C(=O)NNC(=O)c2ccccc2O)c1. The van der Waals surface area contributed by atoms with Crippen molar-refractivity contribution in [3.63, 3.8) is 0 Å². The van der Waals surface area contributed by atoms with E-state index in [9.17, 15) is 23.1 Å². The molecule has 4 N–H and O–H groups in total. The van der Waals surface area contributed by atoms with Crippen LogP contribution in [-0.2, 0) is 10.0 Å². The summed E-state index contributed by atoms with van der Waals surface area (Å²) in [6.45, 7) is 3.37. The number of carbonyl (C=O) groups excluding carboxylic acids is 2. The zero-order valence-corrected chi connectivity index (χ0v) is 15.0. The molecule has 0 aliphatic heterocycles. The molecular weight excluding hydrogens is 358 g/mol. The van der Waals surface area contributed by atoms with E-state index in [-0.39, 0.29) is 27.8 Å². The number of hydrazine groups is 1. The van der Waals surface area contributed by atoms with Crippen LogP contribution in [-0.4, -0.2) is 31.4 Å². The van der Waals surface area contributed by atoms with Gasteiger partial charge in [-0.15, -0.1) is 0 Å². The number of para-hydroxylation sites is 1. The molecule has 0 spiro atoms. The van der Waals surface area contributed by atoms with E-state index in [1.807, 2.05) is 0 Å². The first kappa shape index (κ1) is 19.4. The van der Waals surface area contributed by atoms with Crippen LogP contribution in [0.2, 0.25) is 0 Å². The van der Waals surface area contributed by atoms with E-state index in [1.54, 1.807) is 26.0 Å². The minimum Gasteiger partial charge on any atom is -0.507 e. The second-order valence-corrected chi connectivity index (χ2v) is 7.44. The summed E-state index contributed by atoms with van der Waals surface area (Å²) in [4.78, 5) is 24.1. The number of sulfonamides is 1. The van der Waals surface area contributed by atoms with Crippen LogP contribution in [0.15, 0.2) is 53.4 Å². The van der Waals surface area contributed by atoms with Crippen LogP contribution < -0.4 is 15.6 Å². The third-order valence-electron chi connectivity index (χ3n) is 3.24. The van der Waals surface area contributed by atoms with Crippen LogP contribution in [0.5, 0.6) is 5.75 Å². The summed E-state index contributed by atoms with van der Waals surface area (Å²) in [5, 5.41) is 9.61. The first-order chi connectivity index (χ1) is 12.2. The molecule has 2 amide bonds. The standard InChI is InChI=1S/C17H19N3O5S/c1-11(2)20-26(24,25)13-7-5-6-12(10-13)16(22)18-19-17(23)14-8-3-4-9-15(14)21/h3-11,20-21H,1-2H3,(H,18,22)(H,19,23). The van der Waals surface area contributed by atoms with Crippen LogP contribution >= 0.6 is 0 Å². The number of hydrogen-bond acceptors (Lipinski definition) is 5. The maximum atomic E-state index is 12.2. The topological polar surface area (TPSA) is 125 Å². The van der Waals surface area contributed by atoms with Crippen molar-refractivity contribution in [2.24, 2.45) is 0 Å². The Morgan fingerprint density at radius 1 is 0.962 bits per heavy atom. The molecule has 0 heterocycles. The second-order valence-electron chi connectivity index (χ2n) is 5.73. The maximum absolute atomic E-state index is 12.2. The quantitative estimate of drug-likeness (QED) is 0.582. The number of nitrogens with one attached hydrogen (secondary N) is 3. The molecule has 0 radical (unpaired) electrons. The lowest BCUT2D eigenvalue weighted by Crippen LogP contribution is -2.41. The minimum absolute atomic E-state index is 0.00902. The molecule has 0 aliphatic rings. The highest BCUT2D eigenvalue weighted by molar-refractivity contribution is 7.89. The number of carbonyl (C=O) groups is 2. The average molecular weight is 377 g/mol. The van der Waals surface area contributed by atoms with Crippen molar-refractivity contribution < 1.29 is 23.1 Å². The Morgan fingerprint density at radius 2 is 1.62 bits per heavy atom. The number of amides is 2. The first-order valence-electron chi connectivity index (χ1n) is 7.72. The zero-order chi connectivity index (χ0) is 19.3. The van der Waals surface area contributed by atoms with Gasteiger partial charge in [-0.3, -0.25) is 20.4 Å². The molecule has 2 rings (SSSR count). The summed E-state index contributed by atoms with van der Waals surface area (Å²) in [7, 11) is -3.75. The van der Waals surface area contributed by atoms with Gasteiger partial charge in [-0.1, -0.05) is 18.2 Å². The van der Waals surface area contributed by atoms with Gasteiger partial charge in [0.05, 0.1) is 10.5 Å². The van der Waals surface area contributed by atoms with E-state index in [2.05, 4.69) is 15.6 Å². The number of phenolic OH excluding ortho intramolecular Hbond substituents is 1. The van der Waals surface area contributed by atoms with Crippen molar-refractivity contribution in [3.8, 4) is 5.75 Å². The molecule has 0 aromatic heterocycles. The van der Waals surface area contributed by atoms with Crippen LogP contribution in [0.1, 0.15) is 34.6 Å². The van der Waals surface area contributed by atoms with Gasteiger partial charge in [-0.2, -0.15) is 0 Å². The highest BCUT2D eigenvalue weighted by atomic mass is 32.2. The largest absolute Gasteiger partial charge is 0.507 e. The predicted molar refractivity (Wildman–Crippen MR) is 94.9 cm³/mol. The average Bonchev–Trinajstić information content (AvgIpc) is 2.59. The lowest BCUT2D eigenvalue weighted by Gasteiger charge is -2.11. The van der Waals surface area contributed by atoms with E-state index in [0.717, 1.165) is 0 Å². The molecule has 8 nitrogen and oxygen atoms in total. The molecule has 0 saturated carbocycles. The fourth-order valence-corrected chi connectivity index (χ4v) is 3.40.